The maximum atomic E-state index is 12.3. The highest BCUT2D eigenvalue weighted by atomic mass is 32.2. The van der Waals surface area contributed by atoms with Crippen LogP contribution in [0.4, 0.5) is 0 Å². The maximum Gasteiger partial charge on any atom is 0.230 e. The average molecular weight is 410 g/mol. The Labute approximate surface area is 176 Å². The van der Waals surface area contributed by atoms with E-state index in [0.29, 0.717) is 16.8 Å². The van der Waals surface area contributed by atoms with Crippen LogP contribution in [0.15, 0.2) is 53.9 Å². The quantitative estimate of drug-likeness (QED) is 0.556. The Morgan fingerprint density at radius 2 is 1.93 bits per heavy atom. The molecular weight excluding hydrogens is 382 g/mol. The second-order valence-corrected chi connectivity index (χ2v) is 8.20. The number of hydrogen-bond donors (Lipinski definition) is 1. The molecule has 1 amide bonds. The fourth-order valence-corrected chi connectivity index (χ4v) is 3.75. The number of carbonyl (C=O) groups excluding carboxylic acids is 1. The Hall–Kier alpha value is -2.67. The lowest BCUT2D eigenvalue weighted by Crippen LogP contribution is -2.33. The molecule has 0 unspecified atom stereocenters. The molecule has 152 valence electrons. The van der Waals surface area contributed by atoms with Crippen molar-refractivity contribution in [1.82, 2.24) is 25.1 Å². The number of carbonyl (C=O) groups is 1. The monoisotopic (exact) mass is 409 g/mol. The summed E-state index contributed by atoms with van der Waals surface area (Å²) in [5, 5.41) is 12.5. The van der Waals surface area contributed by atoms with Crippen molar-refractivity contribution in [3.05, 3.63) is 54.4 Å². The molecule has 0 saturated heterocycles. The second kappa shape index (κ2) is 9.69. The molecule has 0 radical (unpaired) electrons. The molecule has 0 fully saturated rings. The number of rotatable bonds is 8. The van der Waals surface area contributed by atoms with E-state index >= 15 is 0 Å². The van der Waals surface area contributed by atoms with Crippen LogP contribution < -0.4 is 5.32 Å². The molecule has 0 bridgehead atoms. The predicted octanol–water partition coefficient (Wildman–Crippen LogP) is 4.46. The van der Waals surface area contributed by atoms with Crippen LogP contribution in [0.2, 0.25) is 0 Å². The van der Waals surface area contributed by atoms with Crippen molar-refractivity contribution in [1.29, 1.82) is 0 Å². The molecular formula is C22H27N5OS. The van der Waals surface area contributed by atoms with Gasteiger partial charge in [-0.2, -0.15) is 0 Å². The van der Waals surface area contributed by atoms with Crippen molar-refractivity contribution in [2.24, 2.45) is 0 Å². The third kappa shape index (κ3) is 5.03. The SMILES string of the molecule is CC[C@H](C)NC(=O)CSc1nnc(-c2cccnc2)n1-c1ccccc1C(C)C. The Kier molecular flexibility index (Phi) is 7.04. The van der Waals surface area contributed by atoms with E-state index in [1.54, 1.807) is 12.4 Å². The maximum absolute atomic E-state index is 12.3. The van der Waals surface area contributed by atoms with Gasteiger partial charge in [0.25, 0.3) is 0 Å². The van der Waals surface area contributed by atoms with Crippen LogP contribution in [0, 0.1) is 0 Å². The van der Waals surface area contributed by atoms with E-state index in [-0.39, 0.29) is 11.9 Å². The minimum atomic E-state index is -0.000951. The smallest absolute Gasteiger partial charge is 0.230 e. The lowest BCUT2D eigenvalue weighted by atomic mass is 10.0. The van der Waals surface area contributed by atoms with Crippen molar-refractivity contribution >= 4 is 17.7 Å². The largest absolute Gasteiger partial charge is 0.353 e. The zero-order valence-electron chi connectivity index (χ0n) is 17.3. The highest BCUT2D eigenvalue weighted by Gasteiger charge is 2.20. The van der Waals surface area contributed by atoms with Crippen LogP contribution in [0.3, 0.4) is 0 Å². The van der Waals surface area contributed by atoms with Crippen molar-refractivity contribution in [3.8, 4) is 17.1 Å². The lowest BCUT2D eigenvalue weighted by molar-refractivity contribution is -0.119. The molecule has 0 aliphatic heterocycles. The molecule has 1 N–H and O–H groups in total. The van der Waals surface area contributed by atoms with Crippen LogP contribution in [0.5, 0.6) is 0 Å². The highest BCUT2D eigenvalue weighted by molar-refractivity contribution is 7.99. The van der Waals surface area contributed by atoms with Gasteiger partial charge in [0.2, 0.25) is 5.91 Å². The lowest BCUT2D eigenvalue weighted by Gasteiger charge is -2.17. The average Bonchev–Trinajstić information content (AvgIpc) is 3.16. The number of nitrogens with zero attached hydrogens (tertiary/aromatic N) is 4. The molecule has 0 saturated carbocycles. The van der Waals surface area contributed by atoms with Crippen molar-refractivity contribution in [2.75, 3.05) is 5.75 Å². The van der Waals surface area contributed by atoms with E-state index in [2.05, 4.69) is 53.4 Å². The number of aromatic nitrogens is 4. The number of thioether (sulfide) groups is 1. The summed E-state index contributed by atoms with van der Waals surface area (Å²) in [5.74, 6) is 1.34. The number of benzene rings is 1. The van der Waals surface area contributed by atoms with E-state index in [9.17, 15) is 4.79 Å². The summed E-state index contributed by atoms with van der Waals surface area (Å²) in [4.78, 5) is 16.5. The molecule has 1 aromatic carbocycles. The van der Waals surface area contributed by atoms with E-state index in [1.807, 2.05) is 35.8 Å². The van der Waals surface area contributed by atoms with E-state index in [1.165, 1.54) is 17.3 Å². The zero-order chi connectivity index (χ0) is 20.8. The van der Waals surface area contributed by atoms with Gasteiger partial charge in [-0.05, 0) is 43.0 Å². The summed E-state index contributed by atoms with van der Waals surface area (Å²) in [6.45, 7) is 8.39. The Balaban J connectivity index is 2.00. The van der Waals surface area contributed by atoms with Gasteiger partial charge in [-0.1, -0.05) is 50.7 Å². The van der Waals surface area contributed by atoms with Crippen LogP contribution in [0.1, 0.15) is 45.6 Å². The van der Waals surface area contributed by atoms with E-state index in [0.717, 1.165) is 23.5 Å². The van der Waals surface area contributed by atoms with Crippen LogP contribution >= 0.6 is 11.8 Å². The van der Waals surface area contributed by atoms with Gasteiger partial charge in [0.05, 0.1) is 11.4 Å². The fourth-order valence-electron chi connectivity index (χ4n) is 2.99. The first-order valence-electron chi connectivity index (χ1n) is 9.88. The molecule has 0 spiro atoms. The summed E-state index contributed by atoms with van der Waals surface area (Å²) in [6.07, 6.45) is 4.42. The topological polar surface area (TPSA) is 72.7 Å². The fraction of sp³-hybridized carbons (Fsp3) is 0.364. The number of nitrogens with one attached hydrogen (secondary N) is 1. The van der Waals surface area contributed by atoms with Gasteiger partial charge in [-0.3, -0.25) is 14.3 Å². The molecule has 0 aliphatic carbocycles. The van der Waals surface area contributed by atoms with Gasteiger partial charge in [-0.15, -0.1) is 10.2 Å². The Bertz CT molecular complexity index is 955. The normalized spacial score (nSPS) is 12.2. The van der Waals surface area contributed by atoms with Gasteiger partial charge in [0.15, 0.2) is 11.0 Å². The van der Waals surface area contributed by atoms with Gasteiger partial charge in [0, 0.05) is 24.0 Å². The molecule has 1 atom stereocenters. The third-order valence-corrected chi connectivity index (χ3v) is 5.63. The van der Waals surface area contributed by atoms with Crippen molar-refractivity contribution in [3.63, 3.8) is 0 Å². The van der Waals surface area contributed by atoms with Gasteiger partial charge in [0.1, 0.15) is 0 Å². The number of para-hydroxylation sites is 1. The molecule has 2 heterocycles. The molecule has 0 aliphatic rings. The number of hydrogen-bond acceptors (Lipinski definition) is 5. The standard InChI is InChI=1S/C22H27N5OS/c1-5-16(4)24-20(28)14-29-22-26-25-21(17-9-8-12-23-13-17)27(22)19-11-7-6-10-18(19)15(2)3/h6-13,15-16H,5,14H2,1-4H3,(H,24,28)/t16-/m0/s1. The first-order chi connectivity index (χ1) is 14.0. The van der Waals surface area contributed by atoms with Crippen LogP contribution in [-0.2, 0) is 4.79 Å². The predicted molar refractivity (Wildman–Crippen MR) is 117 cm³/mol. The molecule has 3 rings (SSSR count). The first kappa shape index (κ1) is 21.0. The van der Waals surface area contributed by atoms with Gasteiger partial charge < -0.3 is 5.32 Å². The van der Waals surface area contributed by atoms with E-state index < -0.39 is 0 Å². The first-order valence-corrected chi connectivity index (χ1v) is 10.9. The summed E-state index contributed by atoms with van der Waals surface area (Å²) >= 11 is 1.40. The molecule has 3 aromatic rings. The molecule has 2 aromatic heterocycles. The molecule has 29 heavy (non-hydrogen) atoms. The van der Waals surface area contributed by atoms with Crippen molar-refractivity contribution < 1.29 is 4.79 Å². The summed E-state index contributed by atoms with van der Waals surface area (Å²) < 4.78 is 2.04. The molecule has 6 nitrogen and oxygen atoms in total. The number of amides is 1. The van der Waals surface area contributed by atoms with Crippen LogP contribution in [-0.4, -0.2) is 37.5 Å². The molecule has 7 heteroatoms. The minimum absolute atomic E-state index is 0.000951. The van der Waals surface area contributed by atoms with Gasteiger partial charge in [-0.25, -0.2) is 0 Å². The minimum Gasteiger partial charge on any atom is -0.353 e. The Morgan fingerprint density at radius 1 is 1.14 bits per heavy atom. The van der Waals surface area contributed by atoms with Gasteiger partial charge >= 0.3 is 0 Å². The van der Waals surface area contributed by atoms with Crippen molar-refractivity contribution in [2.45, 2.75) is 51.2 Å². The third-order valence-electron chi connectivity index (χ3n) is 4.70. The summed E-state index contributed by atoms with van der Waals surface area (Å²) in [6, 6.07) is 12.3. The summed E-state index contributed by atoms with van der Waals surface area (Å²) in [7, 11) is 0. The highest BCUT2D eigenvalue weighted by Crippen LogP contribution is 2.31. The zero-order valence-corrected chi connectivity index (χ0v) is 18.1. The second-order valence-electron chi connectivity index (χ2n) is 7.26. The van der Waals surface area contributed by atoms with Crippen LogP contribution in [0.25, 0.3) is 17.1 Å². The van der Waals surface area contributed by atoms with E-state index in [4.69, 9.17) is 0 Å². The number of pyridine rings is 1. The summed E-state index contributed by atoms with van der Waals surface area (Å²) in [5.41, 5.74) is 3.11. The Morgan fingerprint density at radius 3 is 2.62 bits per heavy atom.